The smallest absolute Gasteiger partial charge is 0.339 e. The molecule has 2 N–H and O–H groups in total. The van der Waals surface area contributed by atoms with Gasteiger partial charge in [-0.05, 0) is 30.3 Å². The number of benzene rings is 2. The third kappa shape index (κ3) is 5.36. The van der Waals surface area contributed by atoms with Gasteiger partial charge in [-0.1, -0.05) is 23.7 Å². The molecule has 6 nitrogen and oxygen atoms in total. The number of rotatable bonds is 6. The monoisotopic (exact) mass is 366 g/mol. The van der Waals surface area contributed by atoms with Crippen molar-refractivity contribution in [3.63, 3.8) is 0 Å². The van der Waals surface area contributed by atoms with E-state index in [0.29, 0.717) is 11.4 Å². The molecule has 0 fully saturated rings. The molecule has 0 aromatic heterocycles. The Hall–Kier alpha value is -2.80. The fourth-order valence-corrected chi connectivity index (χ4v) is 2.19. The lowest BCUT2D eigenvalue weighted by molar-refractivity contribution is 0.0602. The van der Waals surface area contributed by atoms with Crippen molar-refractivity contribution in [2.45, 2.75) is 0 Å². The SMILES string of the molecule is COC(=O)c1ccccc1NC(=O)NCCOc1ccc(F)cc1Cl. The minimum absolute atomic E-state index is 0.136. The molecule has 0 aliphatic rings. The topological polar surface area (TPSA) is 76.7 Å². The number of esters is 1. The first-order valence-electron chi connectivity index (χ1n) is 7.31. The predicted molar refractivity (Wildman–Crippen MR) is 91.7 cm³/mol. The van der Waals surface area contributed by atoms with E-state index in [9.17, 15) is 14.0 Å². The summed E-state index contributed by atoms with van der Waals surface area (Å²) in [5.41, 5.74) is 0.573. The maximum Gasteiger partial charge on any atom is 0.339 e. The van der Waals surface area contributed by atoms with Gasteiger partial charge in [0.05, 0.1) is 29.9 Å². The van der Waals surface area contributed by atoms with Crippen LogP contribution < -0.4 is 15.4 Å². The lowest BCUT2D eigenvalue weighted by Crippen LogP contribution is -2.32. The Balaban J connectivity index is 1.82. The van der Waals surface area contributed by atoms with Crippen LogP contribution in [0.5, 0.6) is 5.75 Å². The van der Waals surface area contributed by atoms with Crippen molar-refractivity contribution in [3.8, 4) is 5.75 Å². The number of nitrogens with one attached hydrogen (secondary N) is 2. The van der Waals surface area contributed by atoms with Gasteiger partial charge in [0, 0.05) is 0 Å². The highest BCUT2D eigenvalue weighted by Gasteiger charge is 2.12. The maximum absolute atomic E-state index is 12.9. The molecule has 0 aliphatic heterocycles. The van der Waals surface area contributed by atoms with Gasteiger partial charge in [0.2, 0.25) is 0 Å². The van der Waals surface area contributed by atoms with Gasteiger partial charge in [-0.2, -0.15) is 0 Å². The van der Waals surface area contributed by atoms with Crippen LogP contribution in [0.15, 0.2) is 42.5 Å². The predicted octanol–water partition coefficient (Wildman–Crippen LogP) is 3.47. The Morgan fingerprint density at radius 3 is 2.68 bits per heavy atom. The van der Waals surface area contributed by atoms with Gasteiger partial charge >= 0.3 is 12.0 Å². The van der Waals surface area contributed by atoms with Crippen LogP contribution >= 0.6 is 11.6 Å². The van der Waals surface area contributed by atoms with Crippen LogP contribution in [0.1, 0.15) is 10.4 Å². The quantitative estimate of drug-likeness (QED) is 0.606. The van der Waals surface area contributed by atoms with Crippen LogP contribution in [-0.4, -0.2) is 32.3 Å². The molecule has 2 amide bonds. The number of amides is 2. The van der Waals surface area contributed by atoms with E-state index < -0.39 is 17.8 Å². The molecule has 8 heteroatoms. The highest BCUT2D eigenvalue weighted by Crippen LogP contribution is 2.24. The van der Waals surface area contributed by atoms with Gasteiger partial charge in [-0.15, -0.1) is 0 Å². The standard InChI is InChI=1S/C17H16ClFN2O4/c1-24-16(22)12-4-2-3-5-14(12)21-17(23)20-8-9-25-15-7-6-11(19)10-13(15)18/h2-7,10H,8-9H2,1H3,(H2,20,21,23). The average molecular weight is 367 g/mol. The molecular formula is C17H16ClFN2O4. The summed E-state index contributed by atoms with van der Waals surface area (Å²) >= 11 is 5.83. The third-order valence-electron chi connectivity index (χ3n) is 3.12. The van der Waals surface area contributed by atoms with E-state index in [1.807, 2.05) is 0 Å². The van der Waals surface area contributed by atoms with Crippen molar-refractivity contribution in [3.05, 3.63) is 58.9 Å². The van der Waals surface area contributed by atoms with Crippen LogP contribution in [0.25, 0.3) is 0 Å². The summed E-state index contributed by atoms with van der Waals surface area (Å²) in [5.74, 6) is -0.689. The lowest BCUT2D eigenvalue weighted by atomic mass is 10.2. The fraction of sp³-hybridized carbons (Fsp3) is 0.176. The van der Waals surface area contributed by atoms with Gasteiger partial charge in [-0.25, -0.2) is 14.0 Å². The number of ether oxygens (including phenoxy) is 2. The van der Waals surface area contributed by atoms with Gasteiger partial charge < -0.3 is 20.1 Å². The van der Waals surface area contributed by atoms with Crippen molar-refractivity contribution in [2.24, 2.45) is 0 Å². The number of hydrogen-bond donors (Lipinski definition) is 2. The molecule has 0 saturated carbocycles. The van der Waals surface area contributed by atoms with Crippen LogP contribution in [0.3, 0.4) is 0 Å². The summed E-state index contributed by atoms with van der Waals surface area (Å²) in [5, 5.41) is 5.28. The van der Waals surface area contributed by atoms with Crippen molar-refractivity contribution in [1.82, 2.24) is 5.32 Å². The summed E-state index contributed by atoms with van der Waals surface area (Å²) < 4.78 is 22.9. The summed E-state index contributed by atoms with van der Waals surface area (Å²) in [6.45, 7) is 0.317. The number of carbonyl (C=O) groups is 2. The number of halogens is 2. The van der Waals surface area contributed by atoms with E-state index in [2.05, 4.69) is 15.4 Å². The normalized spacial score (nSPS) is 10.0. The van der Waals surface area contributed by atoms with Crippen molar-refractivity contribution < 1.29 is 23.5 Å². The molecule has 0 heterocycles. The van der Waals surface area contributed by atoms with Crippen LogP contribution in [-0.2, 0) is 4.74 Å². The van der Waals surface area contributed by atoms with Crippen molar-refractivity contribution in [1.29, 1.82) is 0 Å². The van der Waals surface area contributed by atoms with Crippen molar-refractivity contribution in [2.75, 3.05) is 25.6 Å². The molecule has 2 aromatic carbocycles. The molecule has 0 bridgehead atoms. The summed E-state index contributed by atoms with van der Waals surface area (Å²) in [6.07, 6.45) is 0. The van der Waals surface area contributed by atoms with E-state index in [0.717, 1.165) is 6.07 Å². The molecule has 0 spiro atoms. The van der Waals surface area contributed by atoms with Gasteiger partial charge in [0.15, 0.2) is 0 Å². The number of methoxy groups -OCH3 is 1. The van der Waals surface area contributed by atoms with Gasteiger partial charge in [-0.3, -0.25) is 0 Å². The zero-order valence-corrected chi connectivity index (χ0v) is 14.1. The summed E-state index contributed by atoms with van der Waals surface area (Å²) in [6, 6.07) is 9.74. The number of anilines is 1. The first-order valence-corrected chi connectivity index (χ1v) is 7.69. The van der Waals surface area contributed by atoms with Crippen LogP contribution in [0, 0.1) is 5.82 Å². The zero-order valence-electron chi connectivity index (χ0n) is 13.3. The molecular weight excluding hydrogens is 351 g/mol. The Labute approximate surface area is 148 Å². The Bertz CT molecular complexity index is 770. The number of hydrogen-bond acceptors (Lipinski definition) is 4. The first kappa shape index (κ1) is 18.5. The maximum atomic E-state index is 12.9. The van der Waals surface area contributed by atoms with E-state index in [1.165, 1.54) is 19.2 Å². The fourth-order valence-electron chi connectivity index (χ4n) is 1.96. The number of carbonyl (C=O) groups excluding carboxylic acids is 2. The van der Waals surface area contributed by atoms with Crippen LogP contribution in [0.4, 0.5) is 14.9 Å². The van der Waals surface area contributed by atoms with Crippen LogP contribution in [0.2, 0.25) is 5.02 Å². The van der Waals surface area contributed by atoms with Crippen molar-refractivity contribution >= 4 is 29.3 Å². The average Bonchev–Trinajstić information content (AvgIpc) is 2.60. The number of para-hydroxylation sites is 1. The van der Waals surface area contributed by atoms with E-state index in [1.54, 1.807) is 24.3 Å². The van der Waals surface area contributed by atoms with Gasteiger partial charge in [0.25, 0.3) is 0 Å². The Morgan fingerprint density at radius 2 is 1.96 bits per heavy atom. The molecule has 132 valence electrons. The molecule has 25 heavy (non-hydrogen) atoms. The van der Waals surface area contributed by atoms with Gasteiger partial charge in [0.1, 0.15) is 18.2 Å². The summed E-state index contributed by atoms with van der Waals surface area (Å²) in [4.78, 5) is 23.5. The molecule has 0 atom stereocenters. The molecule has 2 rings (SSSR count). The Morgan fingerprint density at radius 1 is 1.20 bits per heavy atom. The van der Waals surface area contributed by atoms with E-state index in [-0.39, 0.29) is 23.7 Å². The second-order valence-electron chi connectivity index (χ2n) is 4.84. The summed E-state index contributed by atoms with van der Waals surface area (Å²) in [7, 11) is 1.26. The number of urea groups is 1. The zero-order chi connectivity index (χ0) is 18.2. The largest absolute Gasteiger partial charge is 0.490 e. The first-order chi connectivity index (χ1) is 12.0. The van der Waals surface area contributed by atoms with E-state index >= 15 is 0 Å². The highest BCUT2D eigenvalue weighted by atomic mass is 35.5. The minimum Gasteiger partial charge on any atom is -0.490 e. The molecule has 0 radical (unpaired) electrons. The highest BCUT2D eigenvalue weighted by molar-refractivity contribution is 6.32. The lowest BCUT2D eigenvalue weighted by Gasteiger charge is -2.11. The molecule has 0 unspecified atom stereocenters. The van der Waals surface area contributed by atoms with E-state index in [4.69, 9.17) is 16.3 Å². The second-order valence-corrected chi connectivity index (χ2v) is 5.25. The molecule has 2 aromatic rings. The third-order valence-corrected chi connectivity index (χ3v) is 3.42. The Kier molecular flexibility index (Phi) is 6.59. The minimum atomic E-state index is -0.551. The molecule has 0 aliphatic carbocycles. The second kappa shape index (κ2) is 8.89. The molecule has 0 saturated heterocycles.